The molecule has 26 heavy (non-hydrogen) atoms. The topological polar surface area (TPSA) is 84.5 Å². The zero-order valence-corrected chi connectivity index (χ0v) is 16.0. The predicted octanol–water partition coefficient (Wildman–Crippen LogP) is 2.32. The van der Waals surface area contributed by atoms with Crippen molar-refractivity contribution in [3.05, 3.63) is 46.4 Å². The summed E-state index contributed by atoms with van der Waals surface area (Å²) in [5, 5.41) is 0.435. The average molecular weight is 377 g/mol. The number of H-pyrrole nitrogens is 1. The van der Waals surface area contributed by atoms with E-state index in [9.17, 15) is 9.59 Å². The third-order valence-electron chi connectivity index (χ3n) is 3.62. The van der Waals surface area contributed by atoms with E-state index >= 15 is 0 Å². The van der Waals surface area contributed by atoms with Gasteiger partial charge in [0.25, 0.3) is 5.56 Å². The summed E-state index contributed by atoms with van der Waals surface area (Å²) in [5.41, 5.74) is 0.723. The maximum atomic E-state index is 12.5. The van der Waals surface area contributed by atoms with Crippen LogP contribution in [0.1, 0.15) is 19.4 Å². The molecule has 7 nitrogen and oxygen atoms in total. The maximum absolute atomic E-state index is 12.5. The van der Waals surface area contributed by atoms with E-state index in [2.05, 4.69) is 9.97 Å². The summed E-state index contributed by atoms with van der Waals surface area (Å²) in [6, 6.07) is 6.99. The first-order valence-electron chi connectivity index (χ1n) is 8.33. The molecular weight excluding hydrogens is 354 g/mol. The molecule has 2 rings (SSSR count). The number of thioether (sulfide) groups is 1. The molecule has 0 aliphatic heterocycles. The van der Waals surface area contributed by atoms with Gasteiger partial charge in [-0.3, -0.25) is 9.59 Å². The second kappa shape index (κ2) is 9.86. The number of hydrogen-bond donors (Lipinski definition) is 1. The van der Waals surface area contributed by atoms with Gasteiger partial charge in [0.05, 0.1) is 19.5 Å². The minimum atomic E-state index is -0.233. The normalized spacial score (nSPS) is 10.4. The van der Waals surface area contributed by atoms with Crippen LogP contribution in [-0.2, 0) is 11.3 Å². The SMILES string of the molecule is CCOc1ccc(CN(CC)C(=O)CSc2nccc(=O)[nH]2)cc1OC. The van der Waals surface area contributed by atoms with Gasteiger partial charge < -0.3 is 19.4 Å². The van der Waals surface area contributed by atoms with Crippen LogP contribution in [0.2, 0.25) is 0 Å². The number of nitrogens with zero attached hydrogens (tertiary/aromatic N) is 2. The van der Waals surface area contributed by atoms with Crippen molar-refractivity contribution in [1.82, 2.24) is 14.9 Å². The summed E-state index contributed by atoms with van der Waals surface area (Å²) in [5.74, 6) is 1.50. The Morgan fingerprint density at radius 3 is 2.73 bits per heavy atom. The molecule has 0 unspecified atom stereocenters. The number of rotatable bonds is 9. The molecule has 0 radical (unpaired) electrons. The smallest absolute Gasteiger partial charge is 0.251 e. The van der Waals surface area contributed by atoms with Gasteiger partial charge in [0.1, 0.15) is 0 Å². The maximum Gasteiger partial charge on any atom is 0.251 e. The molecule has 1 amide bonds. The van der Waals surface area contributed by atoms with E-state index in [1.807, 2.05) is 32.0 Å². The van der Waals surface area contributed by atoms with Crippen LogP contribution in [0.4, 0.5) is 0 Å². The average Bonchev–Trinajstić information content (AvgIpc) is 2.65. The van der Waals surface area contributed by atoms with Crippen molar-refractivity contribution in [2.45, 2.75) is 25.5 Å². The number of carbonyl (C=O) groups is 1. The van der Waals surface area contributed by atoms with Crippen LogP contribution in [0.15, 0.2) is 40.4 Å². The van der Waals surface area contributed by atoms with Gasteiger partial charge >= 0.3 is 0 Å². The lowest BCUT2D eigenvalue weighted by atomic mass is 10.2. The molecule has 140 valence electrons. The zero-order chi connectivity index (χ0) is 18.9. The Kier molecular flexibility index (Phi) is 7.53. The van der Waals surface area contributed by atoms with Crippen molar-refractivity contribution in [1.29, 1.82) is 0 Å². The third kappa shape index (κ3) is 5.52. The van der Waals surface area contributed by atoms with Crippen LogP contribution in [0.3, 0.4) is 0 Å². The molecule has 8 heteroatoms. The molecule has 0 bridgehead atoms. The highest BCUT2D eigenvalue weighted by atomic mass is 32.2. The highest BCUT2D eigenvalue weighted by Crippen LogP contribution is 2.28. The van der Waals surface area contributed by atoms with Gasteiger partial charge in [-0.1, -0.05) is 17.8 Å². The van der Waals surface area contributed by atoms with Gasteiger partial charge in [-0.2, -0.15) is 0 Å². The number of amides is 1. The standard InChI is InChI=1S/C18H23N3O4S/c1-4-21(17(23)12-26-18-19-9-8-16(22)20-18)11-13-6-7-14(25-5-2)15(10-13)24-3/h6-10H,4-5,11-12H2,1-3H3,(H,19,20,22). The molecular formula is C18H23N3O4S. The number of ether oxygens (including phenoxy) is 2. The van der Waals surface area contributed by atoms with Crippen molar-refractivity contribution >= 4 is 17.7 Å². The number of aromatic amines is 1. The van der Waals surface area contributed by atoms with Gasteiger partial charge in [-0.15, -0.1) is 0 Å². The van der Waals surface area contributed by atoms with Gasteiger partial charge in [0, 0.05) is 25.4 Å². The minimum Gasteiger partial charge on any atom is -0.493 e. The van der Waals surface area contributed by atoms with E-state index in [4.69, 9.17) is 9.47 Å². The Labute approximate surface area is 156 Å². The Bertz CT molecular complexity index is 794. The Hall–Kier alpha value is -2.48. The van der Waals surface area contributed by atoms with Gasteiger partial charge in [-0.05, 0) is 31.5 Å². The van der Waals surface area contributed by atoms with Crippen molar-refractivity contribution in [2.24, 2.45) is 0 Å². The van der Waals surface area contributed by atoms with Crippen molar-refractivity contribution in [2.75, 3.05) is 26.0 Å². The quantitative estimate of drug-likeness (QED) is 0.533. The first kappa shape index (κ1) is 19.8. The molecule has 0 aliphatic carbocycles. The van der Waals surface area contributed by atoms with Gasteiger partial charge in [0.2, 0.25) is 5.91 Å². The summed E-state index contributed by atoms with van der Waals surface area (Å²) in [6.45, 7) is 5.45. The summed E-state index contributed by atoms with van der Waals surface area (Å²) in [7, 11) is 1.59. The molecule has 0 saturated heterocycles. The van der Waals surface area contributed by atoms with Crippen molar-refractivity contribution in [3.8, 4) is 11.5 Å². The monoisotopic (exact) mass is 377 g/mol. The summed E-state index contributed by atoms with van der Waals surface area (Å²) < 4.78 is 10.9. The molecule has 0 fully saturated rings. The fourth-order valence-electron chi connectivity index (χ4n) is 2.33. The van der Waals surface area contributed by atoms with E-state index in [1.54, 1.807) is 12.0 Å². The molecule has 1 heterocycles. The first-order valence-corrected chi connectivity index (χ1v) is 9.31. The number of aromatic nitrogens is 2. The van der Waals surface area contributed by atoms with Crippen molar-refractivity contribution in [3.63, 3.8) is 0 Å². The number of carbonyl (C=O) groups excluding carboxylic acids is 1. The second-order valence-electron chi connectivity index (χ2n) is 5.35. The van der Waals surface area contributed by atoms with E-state index in [-0.39, 0.29) is 17.2 Å². The van der Waals surface area contributed by atoms with E-state index in [0.717, 1.165) is 5.56 Å². The lowest BCUT2D eigenvalue weighted by Gasteiger charge is -2.21. The Morgan fingerprint density at radius 2 is 2.08 bits per heavy atom. The Morgan fingerprint density at radius 1 is 1.27 bits per heavy atom. The molecule has 1 aromatic carbocycles. The van der Waals surface area contributed by atoms with E-state index in [1.165, 1.54) is 24.0 Å². The fraction of sp³-hybridized carbons (Fsp3) is 0.389. The molecule has 0 aliphatic rings. The fourth-order valence-corrected chi connectivity index (χ4v) is 3.08. The molecule has 1 aromatic heterocycles. The van der Waals surface area contributed by atoms with Crippen LogP contribution in [0.5, 0.6) is 11.5 Å². The molecule has 2 aromatic rings. The number of nitrogens with one attached hydrogen (secondary N) is 1. The van der Waals surface area contributed by atoms with Gasteiger partial charge in [0.15, 0.2) is 16.7 Å². The third-order valence-corrected chi connectivity index (χ3v) is 4.49. The predicted molar refractivity (Wildman–Crippen MR) is 101 cm³/mol. The lowest BCUT2D eigenvalue weighted by molar-refractivity contribution is -0.128. The molecule has 0 spiro atoms. The van der Waals surface area contributed by atoms with Crippen LogP contribution >= 0.6 is 11.8 Å². The number of hydrogen-bond acceptors (Lipinski definition) is 6. The summed E-state index contributed by atoms with van der Waals surface area (Å²) >= 11 is 1.21. The first-order chi connectivity index (χ1) is 12.6. The van der Waals surface area contributed by atoms with E-state index < -0.39 is 0 Å². The summed E-state index contributed by atoms with van der Waals surface area (Å²) in [6.07, 6.45) is 1.43. The second-order valence-corrected chi connectivity index (χ2v) is 6.32. The molecule has 1 N–H and O–H groups in total. The number of methoxy groups -OCH3 is 1. The van der Waals surface area contributed by atoms with Crippen molar-refractivity contribution < 1.29 is 14.3 Å². The number of benzene rings is 1. The van der Waals surface area contributed by atoms with Crippen LogP contribution in [-0.4, -0.2) is 46.8 Å². The van der Waals surface area contributed by atoms with Crippen LogP contribution < -0.4 is 15.0 Å². The van der Waals surface area contributed by atoms with Crippen LogP contribution in [0, 0.1) is 0 Å². The minimum absolute atomic E-state index is 0.0307. The molecule has 0 atom stereocenters. The van der Waals surface area contributed by atoms with E-state index in [0.29, 0.717) is 36.4 Å². The highest BCUT2D eigenvalue weighted by molar-refractivity contribution is 7.99. The summed E-state index contributed by atoms with van der Waals surface area (Å²) in [4.78, 5) is 32.1. The largest absolute Gasteiger partial charge is 0.493 e. The highest BCUT2D eigenvalue weighted by Gasteiger charge is 2.15. The lowest BCUT2D eigenvalue weighted by Crippen LogP contribution is -2.31. The molecule has 0 saturated carbocycles. The van der Waals surface area contributed by atoms with Crippen LogP contribution in [0.25, 0.3) is 0 Å². The zero-order valence-electron chi connectivity index (χ0n) is 15.2. The van der Waals surface area contributed by atoms with Gasteiger partial charge in [-0.25, -0.2) is 4.98 Å². The Balaban J connectivity index is 2.01.